The third-order valence-corrected chi connectivity index (χ3v) is 5.17. The van der Waals surface area contributed by atoms with Gasteiger partial charge in [-0.05, 0) is 29.5 Å². The topological polar surface area (TPSA) is 124 Å². The van der Waals surface area contributed by atoms with Gasteiger partial charge in [-0.3, -0.25) is 9.59 Å². The molecule has 2 aromatic rings. The molecule has 8 nitrogen and oxygen atoms in total. The number of aryl methyl sites for hydroxylation is 1. The number of benzene rings is 2. The van der Waals surface area contributed by atoms with E-state index in [9.17, 15) is 27.5 Å². The Morgan fingerprint density at radius 2 is 2.04 bits per heavy atom. The van der Waals surface area contributed by atoms with Gasteiger partial charge in [0, 0.05) is 11.8 Å². The Bertz CT molecular complexity index is 1000. The second-order valence-electron chi connectivity index (χ2n) is 5.54. The van der Waals surface area contributed by atoms with Crippen LogP contribution >= 0.6 is 0 Å². The molecule has 2 aromatic carbocycles. The van der Waals surface area contributed by atoms with Crippen LogP contribution < -0.4 is 9.03 Å². The lowest BCUT2D eigenvalue weighted by Gasteiger charge is -2.18. The molecule has 25 heavy (non-hydrogen) atoms. The molecule has 0 bridgehead atoms. The SMILES string of the molecule is O=C(O)CCc1ccc2cc(O)c(N3CC(=O)NS3(=O)=O)c(F)c2c1. The van der Waals surface area contributed by atoms with E-state index in [2.05, 4.69) is 0 Å². The second-order valence-corrected chi connectivity index (χ2v) is 7.14. The molecule has 3 N–H and O–H groups in total. The van der Waals surface area contributed by atoms with Crippen molar-refractivity contribution in [1.82, 2.24) is 4.72 Å². The number of hydrogen-bond donors (Lipinski definition) is 3. The monoisotopic (exact) mass is 368 g/mol. The molecule has 10 heteroatoms. The van der Waals surface area contributed by atoms with E-state index in [4.69, 9.17) is 5.11 Å². The number of halogens is 1. The van der Waals surface area contributed by atoms with E-state index < -0.39 is 45.9 Å². The van der Waals surface area contributed by atoms with Crippen LogP contribution in [0.25, 0.3) is 10.8 Å². The predicted octanol–water partition coefficient (Wildman–Crippen LogP) is 0.883. The summed E-state index contributed by atoms with van der Waals surface area (Å²) in [6, 6.07) is 5.68. The van der Waals surface area contributed by atoms with Crippen molar-refractivity contribution in [2.75, 3.05) is 10.8 Å². The molecule has 1 saturated heterocycles. The molecule has 0 saturated carbocycles. The molecule has 0 radical (unpaired) electrons. The molecule has 1 fully saturated rings. The van der Waals surface area contributed by atoms with Gasteiger partial charge in [0.05, 0.1) is 0 Å². The number of hydrogen-bond acceptors (Lipinski definition) is 5. The zero-order chi connectivity index (χ0) is 18.4. The van der Waals surface area contributed by atoms with Gasteiger partial charge in [-0.25, -0.2) is 13.4 Å². The second kappa shape index (κ2) is 5.88. The summed E-state index contributed by atoms with van der Waals surface area (Å²) in [5.41, 5.74) is -0.0786. The van der Waals surface area contributed by atoms with Gasteiger partial charge in [-0.1, -0.05) is 12.1 Å². The predicted molar refractivity (Wildman–Crippen MR) is 85.9 cm³/mol. The van der Waals surface area contributed by atoms with E-state index in [1.807, 2.05) is 0 Å². The van der Waals surface area contributed by atoms with Crippen LogP contribution in [0.2, 0.25) is 0 Å². The number of rotatable bonds is 4. The van der Waals surface area contributed by atoms with Crippen molar-refractivity contribution in [3.8, 4) is 5.75 Å². The zero-order valence-corrected chi connectivity index (χ0v) is 13.5. The maximum absolute atomic E-state index is 14.9. The maximum Gasteiger partial charge on any atom is 0.326 e. The Hall–Kier alpha value is -2.88. The summed E-state index contributed by atoms with van der Waals surface area (Å²) in [5.74, 6) is -3.47. The molecule has 0 aromatic heterocycles. The summed E-state index contributed by atoms with van der Waals surface area (Å²) in [7, 11) is -4.28. The lowest BCUT2D eigenvalue weighted by atomic mass is 10.0. The molecule has 0 aliphatic carbocycles. The van der Waals surface area contributed by atoms with Crippen molar-refractivity contribution in [2.24, 2.45) is 0 Å². The third-order valence-electron chi connectivity index (χ3n) is 3.79. The highest BCUT2D eigenvalue weighted by Crippen LogP contribution is 2.38. The van der Waals surface area contributed by atoms with E-state index in [1.54, 1.807) is 10.8 Å². The van der Waals surface area contributed by atoms with Crippen molar-refractivity contribution < 1.29 is 32.6 Å². The third kappa shape index (κ3) is 3.07. The Morgan fingerprint density at radius 1 is 1.32 bits per heavy atom. The average molecular weight is 368 g/mol. The van der Waals surface area contributed by atoms with Gasteiger partial charge in [0.15, 0.2) is 5.82 Å². The normalized spacial score (nSPS) is 16.2. The number of anilines is 1. The van der Waals surface area contributed by atoms with Crippen molar-refractivity contribution in [1.29, 1.82) is 0 Å². The number of amides is 1. The Labute approximate surface area is 141 Å². The standard InChI is InChI=1S/C15H13FN2O6S/c16-14-10-5-8(2-4-13(21)22)1-3-9(10)6-11(19)15(14)18-7-12(20)17-25(18,23)24/h1,3,5-6,19H,2,4,7H2,(H,17,20)(H,21,22). The van der Waals surface area contributed by atoms with Crippen LogP contribution in [-0.4, -0.2) is 37.1 Å². The first-order valence-corrected chi connectivity index (χ1v) is 8.62. The van der Waals surface area contributed by atoms with Crippen LogP contribution in [0, 0.1) is 5.82 Å². The Morgan fingerprint density at radius 3 is 2.64 bits per heavy atom. The van der Waals surface area contributed by atoms with Crippen molar-refractivity contribution >= 4 is 38.5 Å². The number of fused-ring (bicyclic) bond motifs is 1. The van der Waals surface area contributed by atoms with Crippen LogP contribution in [0.1, 0.15) is 12.0 Å². The van der Waals surface area contributed by atoms with Crippen LogP contribution in [-0.2, 0) is 26.2 Å². The molecular weight excluding hydrogens is 355 g/mol. The summed E-state index contributed by atoms with van der Waals surface area (Å²) < 4.78 is 40.9. The first-order chi connectivity index (χ1) is 11.7. The highest BCUT2D eigenvalue weighted by atomic mass is 32.2. The first-order valence-electron chi connectivity index (χ1n) is 7.18. The van der Waals surface area contributed by atoms with Gasteiger partial charge in [-0.15, -0.1) is 0 Å². The molecule has 0 spiro atoms. The summed E-state index contributed by atoms with van der Waals surface area (Å²) in [6.07, 6.45) is 0.0277. The quantitative estimate of drug-likeness (QED) is 0.736. The first kappa shape index (κ1) is 17.0. The van der Waals surface area contributed by atoms with Crippen LogP contribution in [0.4, 0.5) is 10.1 Å². The number of aliphatic carboxylic acids is 1. The number of aromatic hydroxyl groups is 1. The summed E-state index contributed by atoms with van der Waals surface area (Å²) in [5, 5.41) is 19.1. The summed E-state index contributed by atoms with van der Waals surface area (Å²) in [6.45, 7) is -0.642. The number of phenolic OH excluding ortho intramolecular Hbond substituents is 1. The van der Waals surface area contributed by atoms with Gasteiger partial charge in [0.1, 0.15) is 18.0 Å². The van der Waals surface area contributed by atoms with Gasteiger partial charge < -0.3 is 10.2 Å². The smallest absolute Gasteiger partial charge is 0.326 e. The summed E-state index contributed by atoms with van der Waals surface area (Å²) >= 11 is 0. The molecule has 1 aliphatic rings. The lowest BCUT2D eigenvalue weighted by Crippen LogP contribution is -2.30. The van der Waals surface area contributed by atoms with E-state index in [1.165, 1.54) is 18.2 Å². The molecule has 1 aliphatic heterocycles. The fraction of sp³-hybridized carbons (Fsp3) is 0.200. The van der Waals surface area contributed by atoms with Gasteiger partial charge in [0.2, 0.25) is 0 Å². The number of nitrogens with one attached hydrogen (secondary N) is 1. The van der Waals surface area contributed by atoms with Crippen molar-refractivity contribution in [2.45, 2.75) is 12.8 Å². The minimum absolute atomic E-state index is 0.0187. The van der Waals surface area contributed by atoms with E-state index in [0.717, 1.165) is 0 Å². The number of phenols is 1. The number of nitrogens with zero attached hydrogens (tertiary/aromatic N) is 1. The van der Waals surface area contributed by atoms with E-state index >= 15 is 0 Å². The van der Waals surface area contributed by atoms with Crippen LogP contribution in [0.5, 0.6) is 5.75 Å². The zero-order valence-electron chi connectivity index (χ0n) is 12.7. The van der Waals surface area contributed by atoms with Crippen LogP contribution in [0.3, 0.4) is 0 Å². The van der Waals surface area contributed by atoms with E-state index in [-0.39, 0.29) is 18.2 Å². The number of carbonyl (C=O) groups is 2. The number of carboxylic acids is 1. The fourth-order valence-corrected chi connectivity index (χ4v) is 3.83. The van der Waals surface area contributed by atoms with Gasteiger partial charge >= 0.3 is 16.2 Å². The number of carbonyl (C=O) groups excluding carboxylic acids is 1. The Balaban J connectivity index is 2.13. The molecule has 0 unspecified atom stereocenters. The largest absolute Gasteiger partial charge is 0.506 e. The highest BCUT2D eigenvalue weighted by Gasteiger charge is 2.37. The average Bonchev–Trinajstić information content (AvgIpc) is 2.78. The molecule has 1 amide bonds. The minimum atomic E-state index is -4.28. The lowest BCUT2D eigenvalue weighted by molar-refractivity contribution is -0.137. The molecular formula is C15H13FN2O6S. The molecule has 132 valence electrons. The summed E-state index contributed by atoms with van der Waals surface area (Å²) in [4.78, 5) is 22.0. The number of carboxylic acid groups (broad SMARTS) is 1. The minimum Gasteiger partial charge on any atom is -0.506 e. The maximum atomic E-state index is 14.9. The molecule has 0 atom stereocenters. The van der Waals surface area contributed by atoms with Gasteiger partial charge in [0.25, 0.3) is 5.91 Å². The van der Waals surface area contributed by atoms with Crippen LogP contribution in [0.15, 0.2) is 24.3 Å². The van der Waals surface area contributed by atoms with Crippen molar-refractivity contribution in [3.05, 3.63) is 35.6 Å². The molecule has 3 rings (SSSR count). The molecule has 1 heterocycles. The van der Waals surface area contributed by atoms with Crippen molar-refractivity contribution in [3.63, 3.8) is 0 Å². The fourth-order valence-electron chi connectivity index (χ4n) is 2.66. The van der Waals surface area contributed by atoms with E-state index in [0.29, 0.717) is 15.3 Å². The van der Waals surface area contributed by atoms with Gasteiger partial charge in [-0.2, -0.15) is 8.42 Å². The Kier molecular flexibility index (Phi) is 3.99. The highest BCUT2D eigenvalue weighted by molar-refractivity contribution is 7.92.